The van der Waals surface area contributed by atoms with E-state index in [0.29, 0.717) is 6.54 Å². The maximum absolute atomic E-state index is 12.9. The van der Waals surface area contributed by atoms with Crippen molar-refractivity contribution in [2.45, 2.75) is 12.7 Å². The van der Waals surface area contributed by atoms with Gasteiger partial charge in [0.05, 0.1) is 0 Å². The second kappa shape index (κ2) is 6.69. The number of aromatic nitrogens is 1. The number of hydrogen-bond donors (Lipinski definition) is 1. The number of carbonyl (C=O) groups excluding carboxylic acids is 1. The van der Waals surface area contributed by atoms with Gasteiger partial charge in [0, 0.05) is 28.3 Å². The van der Waals surface area contributed by atoms with Gasteiger partial charge in [-0.15, -0.1) is 0 Å². The van der Waals surface area contributed by atoms with E-state index in [0.717, 1.165) is 27.0 Å². The number of nitrogens with one attached hydrogen (secondary N) is 1. The molecule has 0 aliphatic carbocycles. The quantitative estimate of drug-likeness (QED) is 0.703. The summed E-state index contributed by atoms with van der Waals surface area (Å²) in [7, 11) is 0. The minimum Gasteiger partial charge on any atom is -0.346 e. The first-order valence-corrected chi connectivity index (χ1v) is 8.83. The zero-order chi connectivity index (χ0) is 17.2. The summed E-state index contributed by atoms with van der Waals surface area (Å²) in [5, 5.41) is 3.40. The van der Waals surface area contributed by atoms with E-state index in [1.807, 2.05) is 71.6 Å². The highest BCUT2D eigenvalue weighted by molar-refractivity contribution is 9.10. The van der Waals surface area contributed by atoms with Crippen molar-refractivity contribution in [2.75, 3.05) is 5.32 Å². The van der Waals surface area contributed by atoms with E-state index in [-0.39, 0.29) is 12.1 Å². The molecule has 4 rings (SSSR count). The molecule has 0 radical (unpaired) electrons. The molecular formula is C20H16BrN3O. The van der Waals surface area contributed by atoms with Crippen LogP contribution in [-0.4, -0.2) is 15.8 Å². The van der Waals surface area contributed by atoms with Gasteiger partial charge in [-0.2, -0.15) is 0 Å². The SMILES string of the molecule is O=C1c2ccccc2[C@H](Nc2ccc(Br)cn2)N1Cc1ccccc1. The van der Waals surface area contributed by atoms with E-state index in [9.17, 15) is 4.79 Å². The van der Waals surface area contributed by atoms with Gasteiger partial charge in [0.2, 0.25) is 0 Å². The highest BCUT2D eigenvalue weighted by Crippen LogP contribution is 2.35. The number of carbonyl (C=O) groups is 1. The molecule has 5 heteroatoms. The van der Waals surface area contributed by atoms with Crippen molar-refractivity contribution in [3.63, 3.8) is 0 Å². The fourth-order valence-corrected chi connectivity index (χ4v) is 3.30. The Morgan fingerprint density at radius 1 is 1.00 bits per heavy atom. The van der Waals surface area contributed by atoms with Gasteiger partial charge in [-0.1, -0.05) is 48.5 Å². The summed E-state index contributed by atoms with van der Waals surface area (Å²) in [5.74, 6) is 0.768. The fourth-order valence-electron chi connectivity index (χ4n) is 3.07. The number of rotatable bonds is 4. The zero-order valence-corrected chi connectivity index (χ0v) is 15.0. The number of benzene rings is 2. The van der Waals surface area contributed by atoms with Gasteiger partial charge in [-0.25, -0.2) is 4.98 Å². The Morgan fingerprint density at radius 2 is 1.76 bits per heavy atom. The van der Waals surface area contributed by atoms with Crippen LogP contribution in [0.1, 0.15) is 27.7 Å². The summed E-state index contributed by atoms with van der Waals surface area (Å²) in [5.41, 5.74) is 2.82. The van der Waals surface area contributed by atoms with Crippen LogP contribution in [0, 0.1) is 0 Å². The van der Waals surface area contributed by atoms with Crippen LogP contribution in [0.4, 0.5) is 5.82 Å². The smallest absolute Gasteiger partial charge is 0.256 e. The Hall–Kier alpha value is -2.66. The summed E-state index contributed by atoms with van der Waals surface area (Å²) < 4.78 is 0.919. The van der Waals surface area contributed by atoms with E-state index < -0.39 is 0 Å². The predicted octanol–water partition coefficient (Wildman–Crippen LogP) is 4.61. The Morgan fingerprint density at radius 3 is 2.52 bits per heavy atom. The van der Waals surface area contributed by atoms with Gasteiger partial charge < -0.3 is 10.2 Å². The highest BCUT2D eigenvalue weighted by Gasteiger charge is 2.36. The van der Waals surface area contributed by atoms with Crippen LogP contribution < -0.4 is 5.32 Å². The third-order valence-corrected chi connectivity index (χ3v) is 4.74. The topological polar surface area (TPSA) is 45.2 Å². The average Bonchev–Trinajstić information content (AvgIpc) is 2.91. The van der Waals surface area contributed by atoms with Crippen molar-refractivity contribution in [3.8, 4) is 0 Å². The summed E-state index contributed by atoms with van der Waals surface area (Å²) in [4.78, 5) is 19.2. The lowest BCUT2D eigenvalue weighted by Crippen LogP contribution is -2.32. The van der Waals surface area contributed by atoms with Gasteiger partial charge in [0.25, 0.3) is 5.91 Å². The number of nitrogens with zero attached hydrogens (tertiary/aromatic N) is 2. The first kappa shape index (κ1) is 15.8. The molecule has 1 N–H and O–H groups in total. The molecule has 1 amide bonds. The number of hydrogen-bond acceptors (Lipinski definition) is 3. The monoisotopic (exact) mass is 393 g/mol. The molecule has 124 valence electrons. The Kier molecular flexibility index (Phi) is 4.24. The molecule has 0 saturated carbocycles. The van der Waals surface area contributed by atoms with Crippen LogP contribution in [0.5, 0.6) is 0 Å². The van der Waals surface area contributed by atoms with Gasteiger partial charge in [-0.3, -0.25) is 4.79 Å². The van der Waals surface area contributed by atoms with E-state index in [2.05, 4.69) is 26.2 Å². The van der Waals surface area contributed by atoms with Gasteiger partial charge in [-0.05, 0) is 39.7 Å². The first-order chi connectivity index (χ1) is 12.2. The lowest BCUT2D eigenvalue weighted by atomic mass is 10.1. The normalized spacial score (nSPS) is 16.0. The van der Waals surface area contributed by atoms with Crippen LogP contribution in [0.3, 0.4) is 0 Å². The maximum atomic E-state index is 12.9. The predicted molar refractivity (Wildman–Crippen MR) is 101 cm³/mol. The van der Waals surface area contributed by atoms with Crippen molar-refractivity contribution in [1.29, 1.82) is 0 Å². The number of pyridine rings is 1. The summed E-state index contributed by atoms with van der Waals surface area (Å²) in [6.07, 6.45) is 1.50. The molecule has 1 aliphatic rings. The van der Waals surface area contributed by atoms with E-state index in [1.54, 1.807) is 6.20 Å². The second-order valence-electron chi connectivity index (χ2n) is 5.91. The van der Waals surface area contributed by atoms with Crippen LogP contribution in [0.15, 0.2) is 77.4 Å². The lowest BCUT2D eigenvalue weighted by Gasteiger charge is -2.26. The molecule has 2 aromatic carbocycles. The van der Waals surface area contributed by atoms with Gasteiger partial charge in [0.15, 0.2) is 0 Å². The standard InChI is InChI=1S/C20H16BrN3O/c21-15-10-11-18(22-12-15)23-19-16-8-4-5-9-17(16)20(25)24(19)13-14-6-2-1-3-7-14/h1-12,19H,13H2,(H,22,23)/t19-/m1/s1. The molecule has 1 aliphatic heterocycles. The van der Waals surface area contributed by atoms with Crippen LogP contribution >= 0.6 is 15.9 Å². The van der Waals surface area contributed by atoms with Crippen molar-refractivity contribution < 1.29 is 4.79 Å². The number of halogens is 1. The molecule has 3 aromatic rings. The minimum absolute atomic E-state index is 0.0362. The fraction of sp³-hybridized carbons (Fsp3) is 0.100. The maximum Gasteiger partial charge on any atom is 0.256 e. The molecule has 2 heterocycles. The van der Waals surface area contributed by atoms with E-state index >= 15 is 0 Å². The molecule has 4 nitrogen and oxygen atoms in total. The molecule has 1 atom stereocenters. The number of anilines is 1. The largest absolute Gasteiger partial charge is 0.346 e. The minimum atomic E-state index is -0.238. The molecule has 0 bridgehead atoms. The number of amides is 1. The molecule has 0 unspecified atom stereocenters. The second-order valence-corrected chi connectivity index (χ2v) is 6.83. The average molecular weight is 394 g/mol. The molecular weight excluding hydrogens is 378 g/mol. The molecule has 0 saturated heterocycles. The van der Waals surface area contributed by atoms with Crippen molar-refractivity contribution in [3.05, 3.63) is 94.1 Å². The zero-order valence-electron chi connectivity index (χ0n) is 13.4. The van der Waals surface area contributed by atoms with E-state index in [4.69, 9.17) is 0 Å². The summed E-state index contributed by atoms with van der Waals surface area (Å²) >= 11 is 3.39. The van der Waals surface area contributed by atoms with E-state index in [1.165, 1.54) is 0 Å². The summed E-state index contributed by atoms with van der Waals surface area (Å²) in [6.45, 7) is 0.544. The van der Waals surface area contributed by atoms with Crippen LogP contribution in [-0.2, 0) is 6.54 Å². The Labute approximate surface area is 154 Å². The highest BCUT2D eigenvalue weighted by atomic mass is 79.9. The van der Waals surface area contributed by atoms with Crippen molar-refractivity contribution in [1.82, 2.24) is 9.88 Å². The first-order valence-electron chi connectivity index (χ1n) is 8.04. The molecule has 25 heavy (non-hydrogen) atoms. The third kappa shape index (κ3) is 3.15. The lowest BCUT2D eigenvalue weighted by molar-refractivity contribution is 0.0728. The van der Waals surface area contributed by atoms with Crippen LogP contribution in [0.25, 0.3) is 0 Å². The van der Waals surface area contributed by atoms with Crippen molar-refractivity contribution in [2.24, 2.45) is 0 Å². The number of fused-ring (bicyclic) bond motifs is 1. The Bertz CT molecular complexity index is 896. The van der Waals surface area contributed by atoms with Crippen LogP contribution in [0.2, 0.25) is 0 Å². The Balaban J connectivity index is 1.68. The summed E-state index contributed by atoms with van der Waals surface area (Å²) in [6, 6.07) is 21.6. The molecule has 1 aromatic heterocycles. The molecule has 0 fully saturated rings. The van der Waals surface area contributed by atoms with Gasteiger partial charge in [0.1, 0.15) is 12.0 Å². The van der Waals surface area contributed by atoms with Crippen molar-refractivity contribution >= 4 is 27.7 Å². The third-order valence-electron chi connectivity index (χ3n) is 4.27. The van der Waals surface area contributed by atoms with Gasteiger partial charge >= 0.3 is 0 Å². The molecule has 0 spiro atoms.